The van der Waals surface area contributed by atoms with E-state index < -0.39 is 6.10 Å². The van der Waals surface area contributed by atoms with Crippen LogP contribution < -0.4 is 0 Å². The molecule has 1 N–H and O–H groups in total. The number of nitrogens with zero attached hydrogens (tertiary/aromatic N) is 3. The Morgan fingerprint density at radius 1 is 1.22 bits per heavy atom. The van der Waals surface area contributed by atoms with E-state index in [1.165, 1.54) is 0 Å². The van der Waals surface area contributed by atoms with Gasteiger partial charge in [0.2, 0.25) is 0 Å². The average Bonchev–Trinajstić information content (AvgIpc) is 2.87. The molecule has 3 rings (SSSR count). The van der Waals surface area contributed by atoms with Gasteiger partial charge in [-0.25, -0.2) is 0 Å². The van der Waals surface area contributed by atoms with Gasteiger partial charge < -0.3 is 10.0 Å². The predicted molar refractivity (Wildman–Crippen MR) is 87.1 cm³/mol. The van der Waals surface area contributed by atoms with Crippen molar-refractivity contribution >= 4 is 5.91 Å². The van der Waals surface area contributed by atoms with E-state index in [2.05, 4.69) is 9.97 Å². The van der Waals surface area contributed by atoms with Gasteiger partial charge in [-0.3, -0.25) is 14.8 Å². The zero-order valence-corrected chi connectivity index (χ0v) is 13.4. The summed E-state index contributed by atoms with van der Waals surface area (Å²) in [5, 5.41) is 10.3. The molecule has 3 heterocycles. The van der Waals surface area contributed by atoms with Gasteiger partial charge in [0.15, 0.2) is 0 Å². The molecular weight excluding hydrogens is 290 g/mol. The second kappa shape index (κ2) is 6.46. The number of β-amino-alcohol motifs (C(OH)–C–C–N with tert-alkyl or cyclic N) is 1. The Kier molecular flexibility index (Phi) is 4.39. The Morgan fingerprint density at radius 3 is 2.52 bits per heavy atom. The molecule has 1 amide bonds. The van der Waals surface area contributed by atoms with Crippen LogP contribution in [0.4, 0.5) is 0 Å². The molecule has 0 unspecified atom stereocenters. The van der Waals surface area contributed by atoms with E-state index in [-0.39, 0.29) is 11.8 Å². The highest BCUT2D eigenvalue weighted by Gasteiger charge is 2.34. The van der Waals surface area contributed by atoms with Gasteiger partial charge >= 0.3 is 0 Å². The van der Waals surface area contributed by atoms with E-state index in [0.717, 1.165) is 23.4 Å². The third kappa shape index (κ3) is 3.56. The molecule has 2 atom stereocenters. The zero-order valence-electron chi connectivity index (χ0n) is 13.4. The highest BCUT2D eigenvalue weighted by atomic mass is 16.3. The van der Waals surface area contributed by atoms with Crippen LogP contribution in [0.3, 0.4) is 0 Å². The molecule has 0 bridgehead atoms. The third-order valence-electron chi connectivity index (χ3n) is 4.27. The topological polar surface area (TPSA) is 66.3 Å². The minimum atomic E-state index is -0.490. The van der Waals surface area contributed by atoms with E-state index in [4.69, 9.17) is 0 Å². The highest BCUT2D eigenvalue weighted by Crippen LogP contribution is 2.23. The molecule has 0 aromatic carbocycles. The Labute approximate surface area is 136 Å². The van der Waals surface area contributed by atoms with Crippen molar-refractivity contribution in [3.63, 3.8) is 0 Å². The number of aliphatic hydroxyl groups excluding tert-OH is 1. The van der Waals surface area contributed by atoms with Crippen molar-refractivity contribution in [3.8, 4) is 0 Å². The van der Waals surface area contributed by atoms with Gasteiger partial charge in [-0.1, -0.05) is 0 Å². The van der Waals surface area contributed by atoms with E-state index in [1.807, 2.05) is 26.0 Å². The van der Waals surface area contributed by atoms with Crippen molar-refractivity contribution in [1.82, 2.24) is 14.9 Å². The maximum atomic E-state index is 12.7. The molecule has 0 radical (unpaired) electrons. The van der Waals surface area contributed by atoms with Gasteiger partial charge in [-0.05, 0) is 50.1 Å². The summed E-state index contributed by atoms with van der Waals surface area (Å²) in [5.74, 6) is 0.0280. The molecule has 5 nitrogen and oxygen atoms in total. The number of hydrogen-bond donors (Lipinski definition) is 1. The highest BCUT2D eigenvalue weighted by molar-refractivity contribution is 5.94. The predicted octanol–water partition coefficient (Wildman–Crippen LogP) is 1.77. The summed E-state index contributed by atoms with van der Waals surface area (Å²) in [6.07, 6.45) is 3.77. The second-order valence-electron chi connectivity index (χ2n) is 6.24. The molecule has 0 saturated carbocycles. The summed E-state index contributed by atoms with van der Waals surface area (Å²) >= 11 is 0. The Bertz CT molecular complexity index is 682. The van der Waals surface area contributed by atoms with Crippen LogP contribution in [-0.4, -0.2) is 45.1 Å². The SMILES string of the molecule is Cc1cc(C(=O)N2C[C@@H](Cc3ccncc3)[C@H](O)C2)cc(C)n1. The summed E-state index contributed by atoms with van der Waals surface area (Å²) in [7, 11) is 0. The van der Waals surface area contributed by atoms with Gasteiger partial charge in [0, 0.05) is 48.4 Å². The lowest BCUT2D eigenvalue weighted by Crippen LogP contribution is -2.29. The maximum Gasteiger partial charge on any atom is 0.254 e. The average molecular weight is 311 g/mol. The number of hydrogen-bond acceptors (Lipinski definition) is 4. The molecule has 0 aliphatic carbocycles. The fourth-order valence-corrected chi connectivity index (χ4v) is 3.18. The van der Waals surface area contributed by atoms with Crippen molar-refractivity contribution in [2.24, 2.45) is 5.92 Å². The summed E-state index contributed by atoms with van der Waals surface area (Å²) in [6, 6.07) is 7.51. The summed E-state index contributed by atoms with van der Waals surface area (Å²) < 4.78 is 0. The van der Waals surface area contributed by atoms with Crippen LogP contribution in [0.5, 0.6) is 0 Å². The molecule has 23 heavy (non-hydrogen) atoms. The standard InChI is InChI=1S/C18H21N3O2/c1-12-7-15(8-13(2)20-12)18(23)21-10-16(17(22)11-21)9-14-3-5-19-6-4-14/h3-8,16-17,22H,9-11H2,1-2H3/t16-,17-/m1/s1. The first-order valence-corrected chi connectivity index (χ1v) is 7.84. The van der Waals surface area contributed by atoms with Gasteiger partial charge in [-0.2, -0.15) is 0 Å². The van der Waals surface area contributed by atoms with Crippen LogP contribution in [0.15, 0.2) is 36.7 Å². The Hall–Kier alpha value is -2.27. The molecule has 2 aromatic heterocycles. The van der Waals surface area contributed by atoms with Crippen molar-refractivity contribution in [2.45, 2.75) is 26.4 Å². The number of aliphatic hydroxyl groups is 1. The number of carbonyl (C=O) groups is 1. The first-order chi connectivity index (χ1) is 11.0. The lowest BCUT2D eigenvalue weighted by Gasteiger charge is -2.17. The van der Waals surface area contributed by atoms with Gasteiger partial charge in [-0.15, -0.1) is 0 Å². The van der Waals surface area contributed by atoms with E-state index in [1.54, 1.807) is 29.4 Å². The minimum absolute atomic E-state index is 0.0325. The number of aromatic nitrogens is 2. The normalized spacial score (nSPS) is 20.7. The quantitative estimate of drug-likeness (QED) is 0.938. The molecule has 2 aromatic rings. The smallest absolute Gasteiger partial charge is 0.254 e. The fourth-order valence-electron chi connectivity index (χ4n) is 3.18. The summed E-state index contributed by atoms with van der Waals surface area (Å²) in [4.78, 5) is 22.7. The van der Waals surface area contributed by atoms with Crippen LogP contribution in [0, 0.1) is 19.8 Å². The molecule has 1 saturated heterocycles. The number of pyridine rings is 2. The molecule has 1 aliphatic heterocycles. The van der Waals surface area contributed by atoms with E-state index in [9.17, 15) is 9.90 Å². The van der Waals surface area contributed by atoms with E-state index >= 15 is 0 Å². The molecule has 1 aliphatic rings. The molecular formula is C18H21N3O2. The van der Waals surface area contributed by atoms with Crippen LogP contribution >= 0.6 is 0 Å². The van der Waals surface area contributed by atoms with Crippen molar-refractivity contribution in [2.75, 3.05) is 13.1 Å². The lowest BCUT2D eigenvalue weighted by atomic mass is 9.97. The Morgan fingerprint density at radius 2 is 1.87 bits per heavy atom. The van der Waals surface area contributed by atoms with Crippen LogP contribution in [0.2, 0.25) is 0 Å². The van der Waals surface area contributed by atoms with E-state index in [0.29, 0.717) is 18.7 Å². The van der Waals surface area contributed by atoms with Crippen LogP contribution in [-0.2, 0) is 6.42 Å². The number of aryl methyl sites for hydroxylation is 2. The van der Waals surface area contributed by atoms with Gasteiger partial charge in [0.05, 0.1) is 6.10 Å². The summed E-state index contributed by atoms with van der Waals surface area (Å²) in [5.41, 5.74) is 3.45. The van der Waals surface area contributed by atoms with Crippen molar-refractivity contribution in [1.29, 1.82) is 0 Å². The fraction of sp³-hybridized carbons (Fsp3) is 0.389. The summed E-state index contributed by atoms with van der Waals surface area (Å²) in [6.45, 7) is 4.72. The molecule has 1 fully saturated rings. The van der Waals surface area contributed by atoms with Crippen molar-refractivity contribution < 1.29 is 9.90 Å². The van der Waals surface area contributed by atoms with Crippen molar-refractivity contribution in [3.05, 3.63) is 59.2 Å². The number of likely N-dealkylation sites (tertiary alicyclic amines) is 1. The first kappa shape index (κ1) is 15.6. The first-order valence-electron chi connectivity index (χ1n) is 7.84. The second-order valence-corrected chi connectivity index (χ2v) is 6.24. The maximum absolute atomic E-state index is 12.7. The van der Waals surface area contributed by atoms with Gasteiger partial charge in [0.1, 0.15) is 0 Å². The van der Waals surface area contributed by atoms with Gasteiger partial charge in [0.25, 0.3) is 5.91 Å². The van der Waals surface area contributed by atoms with Crippen LogP contribution in [0.25, 0.3) is 0 Å². The lowest BCUT2D eigenvalue weighted by molar-refractivity contribution is 0.0764. The molecule has 120 valence electrons. The molecule has 5 heteroatoms. The number of amides is 1. The number of carbonyl (C=O) groups excluding carboxylic acids is 1. The Balaban J connectivity index is 1.71. The van der Waals surface area contributed by atoms with Crippen LogP contribution in [0.1, 0.15) is 27.3 Å². The molecule has 0 spiro atoms. The third-order valence-corrected chi connectivity index (χ3v) is 4.27. The number of rotatable bonds is 3. The largest absolute Gasteiger partial charge is 0.391 e. The zero-order chi connectivity index (χ0) is 16.4. The minimum Gasteiger partial charge on any atom is -0.391 e. The monoisotopic (exact) mass is 311 g/mol.